The second-order valence-electron chi connectivity index (χ2n) is 5.31. The van der Waals surface area contributed by atoms with Gasteiger partial charge in [0, 0.05) is 12.6 Å². The minimum absolute atomic E-state index is 0.150. The van der Waals surface area contributed by atoms with E-state index in [1.165, 1.54) is 0 Å². The maximum absolute atomic E-state index is 12.0. The normalized spacial score (nSPS) is 12.6. The molecule has 0 fully saturated rings. The van der Waals surface area contributed by atoms with Gasteiger partial charge in [-0.15, -0.1) is 0 Å². The third-order valence-electron chi connectivity index (χ3n) is 3.36. The highest BCUT2D eigenvalue weighted by Gasteiger charge is 2.23. The lowest BCUT2D eigenvalue weighted by molar-refractivity contribution is -0.144. The predicted octanol–water partition coefficient (Wildman–Crippen LogP) is 4.82. The van der Waals surface area contributed by atoms with Crippen LogP contribution in [-0.4, -0.2) is 16.4 Å². The fraction of sp³-hybridized carbons (Fsp3) is 0.278. The zero-order chi connectivity index (χ0) is 17.4. The summed E-state index contributed by atoms with van der Waals surface area (Å²) < 4.78 is 3.43. The number of halogens is 3. The van der Waals surface area contributed by atoms with Crippen molar-refractivity contribution in [1.29, 1.82) is 0 Å². The minimum Gasteiger partial charge on any atom is -0.461 e. The van der Waals surface area contributed by atoms with Gasteiger partial charge in [0.1, 0.15) is 6.61 Å². The molecule has 0 aliphatic rings. The quantitative estimate of drug-likeness (QED) is 0.547. The summed E-state index contributed by atoms with van der Waals surface area (Å²) in [5.74, 6) is -0.421. The Bertz CT molecular complexity index is 630. The molecule has 0 amide bonds. The zero-order valence-corrected chi connectivity index (χ0v) is 15.2. The Kier molecular flexibility index (Phi) is 7.38. The lowest BCUT2D eigenvalue weighted by Gasteiger charge is -2.19. The van der Waals surface area contributed by atoms with Gasteiger partial charge in [0.25, 0.3) is 0 Å². The summed E-state index contributed by atoms with van der Waals surface area (Å²) in [6.07, 6.45) is 0.150. The molecule has 1 N–H and O–H groups in total. The van der Waals surface area contributed by atoms with Crippen molar-refractivity contribution >= 4 is 40.8 Å². The summed E-state index contributed by atoms with van der Waals surface area (Å²) in [7, 11) is 0. The lowest BCUT2D eigenvalue weighted by Crippen LogP contribution is -2.26. The Morgan fingerprint density at radius 2 is 1.58 bits per heavy atom. The molecule has 0 aliphatic carbocycles. The molecule has 1 unspecified atom stereocenters. The van der Waals surface area contributed by atoms with Crippen molar-refractivity contribution in [3.05, 3.63) is 71.8 Å². The number of esters is 1. The van der Waals surface area contributed by atoms with Crippen molar-refractivity contribution < 1.29 is 9.53 Å². The molecule has 0 spiro atoms. The third kappa shape index (κ3) is 7.10. The smallest absolute Gasteiger partial charge is 0.307 e. The second kappa shape index (κ2) is 9.28. The second-order valence-corrected chi connectivity index (χ2v) is 7.83. The Labute approximate surface area is 156 Å². The molecule has 0 radical (unpaired) electrons. The van der Waals surface area contributed by atoms with Crippen molar-refractivity contribution in [1.82, 2.24) is 5.32 Å². The van der Waals surface area contributed by atoms with Crippen molar-refractivity contribution in [3.8, 4) is 0 Å². The topological polar surface area (TPSA) is 38.3 Å². The summed E-state index contributed by atoms with van der Waals surface area (Å²) in [6, 6.07) is 19.5. The van der Waals surface area contributed by atoms with Crippen molar-refractivity contribution in [3.63, 3.8) is 0 Å². The standard InChI is InChI=1S/C18H18Cl3NO2/c19-18(20,21)13-24-17(23)11-16(15-9-5-2-6-10-15)22-12-14-7-3-1-4-8-14/h1-10,16,22H,11-13H2. The molecular formula is C18H18Cl3NO2. The van der Waals surface area contributed by atoms with E-state index in [-0.39, 0.29) is 19.1 Å². The zero-order valence-electron chi connectivity index (χ0n) is 12.9. The van der Waals surface area contributed by atoms with Crippen molar-refractivity contribution in [2.24, 2.45) is 0 Å². The van der Waals surface area contributed by atoms with Crippen molar-refractivity contribution in [2.75, 3.05) is 6.61 Å². The Morgan fingerprint density at radius 3 is 2.17 bits per heavy atom. The largest absolute Gasteiger partial charge is 0.461 e. The van der Waals surface area contributed by atoms with Crippen LogP contribution in [0.5, 0.6) is 0 Å². The molecule has 0 bridgehead atoms. The molecule has 128 valence electrons. The number of hydrogen-bond donors (Lipinski definition) is 1. The van der Waals surface area contributed by atoms with E-state index in [1.807, 2.05) is 60.7 Å². The van der Waals surface area contributed by atoms with Gasteiger partial charge in [0.15, 0.2) is 0 Å². The van der Waals surface area contributed by atoms with Gasteiger partial charge in [-0.2, -0.15) is 0 Å². The molecule has 0 saturated heterocycles. The van der Waals surface area contributed by atoms with Gasteiger partial charge >= 0.3 is 5.97 Å². The summed E-state index contributed by atoms with van der Waals surface area (Å²) in [6.45, 7) is 0.370. The fourth-order valence-electron chi connectivity index (χ4n) is 2.22. The molecule has 0 aliphatic heterocycles. The molecule has 2 rings (SSSR count). The van der Waals surface area contributed by atoms with Gasteiger partial charge in [-0.1, -0.05) is 95.5 Å². The van der Waals surface area contributed by atoms with E-state index < -0.39 is 9.76 Å². The van der Waals surface area contributed by atoms with E-state index in [4.69, 9.17) is 39.5 Å². The molecule has 24 heavy (non-hydrogen) atoms. The van der Waals surface area contributed by atoms with E-state index in [9.17, 15) is 4.79 Å². The van der Waals surface area contributed by atoms with Crippen LogP contribution in [0.25, 0.3) is 0 Å². The first-order chi connectivity index (χ1) is 11.4. The van der Waals surface area contributed by atoms with Gasteiger partial charge < -0.3 is 10.1 Å². The summed E-state index contributed by atoms with van der Waals surface area (Å²) in [5.41, 5.74) is 2.13. The van der Waals surface area contributed by atoms with Crippen LogP contribution in [0.1, 0.15) is 23.6 Å². The number of nitrogens with one attached hydrogen (secondary N) is 1. The monoisotopic (exact) mass is 385 g/mol. The lowest BCUT2D eigenvalue weighted by atomic mass is 10.0. The summed E-state index contributed by atoms with van der Waals surface area (Å²) in [5, 5.41) is 3.38. The van der Waals surface area contributed by atoms with E-state index in [0.717, 1.165) is 11.1 Å². The maximum atomic E-state index is 12.0. The average molecular weight is 387 g/mol. The van der Waals surface area contributed by atoms with Gasteiger partial charge in [-0.25, -0.2) is 0 Å². The molecule has 1 atom stereocenters. The van der Waals surface area contributed by atoms with Gasteiger partial charge in [0.05, 0.1) is 6.42 Å². The summed E-state index contributed by atoms with van der Waals surface area (Å²) in [4.78, 5) is 12.0. The molecule has 2 aromatic rings. The number of rotatable bonds is 7. The Hall–Kier alpha value is -1.26. The highest BCUT2D eigenvalue weighted by molar-refractivity contribution is 6.67. The van der Waals surface area contributed by atoms with Crippen LogP contribution in [0.15, 0.2) is 60.7 Å². The Morgan fingerprint density at radius 1 is 1.00 bits per heavy atom. The molecule has 6 heteroatoms. The number of ether oxygens (including phenoxy) is 1. The molecular weight excluding hydrogens is 369 g/mol. The third-order valence-corrected chi connectivity index (χ3v) is 3.69. The van der Waals surface area contributed by atoms with E-state index in [2.05, 4.69) is 5.32 Å². The van der Waals surface area contributed by atoms with E-state index in [1.54, 1.807) is 0 Å². The maximum Gasteiger partial charge on any atom is 0.307 e. The number of carbonyl (C=O) groups excluding carboxylic acids is 1. The van der Waals surface area contributed by atoms with Crippen LogP contribution in [0, 0.1) is 0 Å². The first-order valence-electron chi connectivity index (χ1n) is 7.49. The average Bonchev–Trinajstić information content (AvgIpc) is 2.58. The minimum atomic E-state index is -1.60. The molecule has 2 aromatic carbocycles. The van der Waals surface area contributed by atoms with Crippen LogP contribution in [0.2, 0.25) is 0 Å². The van der Waals surface area contributed by atoms with Crippen LogP contribution in [-0.2, 0) is 16.1 Å². The molecule has 0 heterocycles. The van der Waals surface area contributed by atoms with Gasteiger partial charge in [-0.3, -0.25) is 4.79 Å². The highest BCUT2D eigenvalue weighted by atomic mass is 35.6. The summed E-state index contributed by atoms with van der Waals surface area (Å²) >= 11 is 16.8. The number of alkyl halides is 3. The first kappa shape index (κ1) is 19.1. The van der Waals surface area contributed by atoms with Crippen LogP contribution >= 0.6 is 34.8 Å². The molecule has 0 saturated carbocycles. The predicted molar refractivity (Wildman–Crippen MR) is 98.3 cm³/mol. The number of hydrogen-bond acceptors (Lipinski definition) is 3. The van der Waals surface area contributed by atoms with Crippen LogP contribution in [0.3, 0.4) is 0 Å². The first-order valence-corrected chi connectivity index (χ1v) is 8.62. The van der Waals surface area contributed by atoms with E-state index >= 15 is 0 Å². The van der Waals surface area contributed by atoms with Crippen LogP contribution in [0.4, 0.5) is 0 Å². The molecule has 3 nitrogen and oxygen atoms in total. The highest BCUT2D eigenvalue weighted by Crippen LogP contribution is 2.26. The van der Waals surface area contributed by atoms with E-state index in [0.29, 0.717) is 6.54 Å². The van der Waals surface area contributed by atoms with Crippen molar-refractivity contribution in [2.45, 2.75) is 22.8 Å². The van der Waals surface area contributed by atoms with Crippen LogP contribution < -0.4 is 5.32 Å². The number of benzene rings is 2. The number of carbonyl (C=O) groups is 1. The SMILES string of the molecule is O=C(CC(NCc1ccccc1)c1ccccc1)OCC(Cl)(Cl)Cl. The van der Waals surface area contributed by atoms with Gasteiger partial charge in [0.2, 0.25) is 3.79 Å². The van der Waals surface area contributed by atoms with Gasteiger partial charge in [-0.05, 0) is 11.1 Å². The fourth-order valence-corrected chi connectivity index (χ4v) is 2.38. The Balaban J connectivity index is 1.99. The molecule has 0 aromatic heterocycles.